The second kappa shape index (κ2) is 2.92. The van der Waals surface area contributed by atoms with Crippen LogP contribution in [0.3, 0.4) is 0 Å². The van der Waals surface area contributed by atoms with Crippen molar-refractivity contribution in [2.75, 3.05) is 6.54 Å². The van der Waals surface area contributed by atoms with Crippen LogP contribution in [0.4, 0.5) is 0 Å². The average Bonchev–Trinajstić information content (AvgIpc) is 2.91. The first-order valence-electron chi connectivity index (χ1n) is 5.19. The first kappa shape index (κ1) is 8.18. The molecule has 3 atom stereocenters. The number of benzene rings is 1. The molecule has 0 spiro atoms. The van der Waals surface area contributed by atoms with Crippen molar-refractivity contribution in [1.82, 2.24) is 5.32 Å². The number of carbonyl (C=O) groups excluding carboxylic acids is 1. The number of hydrogen-bond donors (Lipinski definition) is 1. The zero-order chi connectivity index (χ0) is 9.54. The SMILES string of the molecule is O=C(c1ccccc1)C1NCC2CC21. The number of carbonyl (C=O) groups is 1. The maximum atomic E-state index is 12.0. The van der Waals surface area contributed by atoms with Crippen molar-refractivity contribution in [3.63, 3.8) is 0 Å². The normalized spacial score (nSPS) is 33.9. The summed E-state index contributed by atoms with van der Waals surface area (Å²) in [7, 11) is 0. The Morgan fingerprint density at radius 1 is 1.29 bits per heavy atom. The van der Waals surface area contributed by atoms with Gasteiger partial charge in [-0.3, -0.25) is 4.79 Å². The second-order valence-corrected chi connectivity index (χ2v) is 4.28. The number of piperidine rings is 1. The van der Waals surface area contributed by atoms with E-state index in [9.17, 15) is 4.79 Å². The maximum Gasteiger partial charge on any atom is 0.180 e. The lowest BCUT2D eigenvalue weighted by atomic mass is 10.0. The molecular formula is C12H13NO. The van der Waals surface area contributed by atoms with Gasteiger partial charge in [-0.15, -0.1) is 0 Å². The van der Waals surface area contributed by atoms with Gasteiger partial charge in [0.2, 0.25) is 0 Å². The molecule has 2 nitrogen and oxygen atoms in total. The third kappa shape index (κ3) is 1.18. The van der Waals surface area contributed by atoms with Gasteiger partial charge in [-0.05, 0) is 24.8 Å². The Balaban J connectivity index is 1.82. The molecule has 1 N–H and O–H groups in total. The second-order valence-electron chi connectivity index (χ2n) is 4.28. The highest BCUT2D eigenvalue weighted by molar-refractivity contribution is 6.00. The molecule has 2 aliphatic rings. The molecule has 1 aromatic carbocycles. The number of nitrogens with one attached hydrogen (secondary N) is 1. The minimum atomic E-state index is 0.0994. The van der Waals surface area contributed by atoms with Crippen molar-refractivity contribution < 1.29 is 4.79 Å². The highest BCUT2D eigenvalue weighted by Crippen LogP contribution is 2.45. The Kier molecular flexibility index (Phi) is 1.71. The quantitative estimate of drug-likeness (QED) is 0.710. The molecule has 1 aliphatic heterocycles. The summed E-state index contributed by atoms with van der Waals surface area (Å²) < 4.78 is 0. The van der Waals surface area contributed by atoms with Crippen LogP contribution >= 0.6 is 0 Å². The number of fused-ring (bicyclic) bond motifs is 1. The Labute approximate surface area is 83.3 Å². The standard InChI is InChI=1S/C12H13NO/c14-12(8-4-2-1-3-5-8)11-10-6-9(10)7-13-11/h1-5,9-11,13H,6-7H2. The van der Waals surface area contributed by atoms with Gasteiger partial charge in [-0.1, -0.05) is 30.3 Å². The molecule has 3 unspecified atom stereocenters. The van der Waals surface area contributed by atoms with Gasteiger partial charge in [0.05, 0.1) is 6.04 Å². The number of ketones is 1. The van der Waals surface area contributed by atoms with Crippen molar-refractivity contribution in [2.45, 2.75) is 12.5 Å². The van der Waals surface area contributed by atoms with E-state index in [1.165, 1.54) is 6.42 Å². The van der Waals surface area contributed by atoms with Crippen molar-refractivity contribution in [3.8, 4) is 0 Å². The van der Waals surface area contributed by atoms with Crippen LogP contribution in [-0.4, -0.2) is 18.4 Å². The Hall–Kier alpha value is -1.15. The molecule has 0 radical (unpaired) electrons. The summed E-state index contributed by atoms with van der Waals surface area (Å²) in [5.74, 6) is 1.69. The Bertz CT molecular complexity index is 360. The summed E-state index contributed by atoms with van der Waals surface area (Å²) in [5, 5.41) is 3.30. The summed E-state index contributed by atoms with van der Waals surface area (Å²) in [6.07, 6.45) is 1.25. The molecule has 2 fully saturated rings. The summed E-state index contributed by atoms with van der Waals surface area (Å²) in [5.41, 5.74) is 0.845. The molecule has 1 heterocycles. The minimum absolute atomic E-state index is 0.0994. The molecule has 0 amide bonds. The molecule has 1 saturated heterocycles. The van der Waals surface area contributed by atoms with Gasteiger partial charge in [-0.25, -0.2) is 0 Å². The molecular weight excluding hydrogens is 174 g/mol. The molecule has 2 heteroatoms. The van der Waals surface area contributed by atoms with Crippen LogP contribution in [0.1, 0.15) is 16.8 Å². The fraction of sp³-hybridized carbons (Fsp3) is 0.417. The van der Waals surface area contributed by atoms with Crippen LogP contribution in [0.15, 0.2) is 30.3 Å². The van der Waals surface area contributed by atoms with E-state index in [-0.39, 0.29) is 11.8 Å². The first-order chi connectivity index (χ1) is 6.86. The number of Topliss-reactive ketones (excluding diaryl/α,β-unsaturated/α-hetero) is 1. The average molecular weight is 187 g/mol. The van der Waals surface area contributed by atoms with Crippen LogP contribution < -0.4 is 5.32 Å². The van der Waals surface area contributed by atoms with E-state index in [4.69, 9.17) is 0 Å². The number of hydrogen-bond acceptors (Lipinski definition) is 2. The van der Waals surface area contributed by atoms with E-state index >= 15 is 0 Å². The van der Waals surface area contributed by atoms with Crippen LogP contribution in [0.2, 0.25) is 0 Å². The van der Waals surface area contributed by atoms with Gasteiger partial charge >= 0.3 is 0 Å². The predicted molar refractivity (Wildman–Crippen MR) is 54.2 cm³/mol. The van der Waals surface area contributed by atoms with E-state index in [1.807, 2.05) is 30.3 Å². The van der Waals surface area contributed by atoms with Crippen LogP contribution in [0, 0.1) is 11.8 Å². The molecule has 1 saturated carbocycles. The monoisotopic (exact) mass is 187 g/mol. The van der Waals surface area contributed by atoms with Gasteiger partial charge < -0.3 is 5.32 Å². The van der Waals surface area contributed by atoms with E-state index in [0.29, 0.717) is 5.92 Å². The van der Waals surface area contributed by atoms with Gasteiger partial charge in [0.1, 0.15) is 0 Å². The lowest BCUT2D eigenvalue weighted by molar-refractivity contribution is 0.0942. The first-order valence-corrected chi connectivity index (χ1v) is 5.19. The lowest BCUT2D eigenvalue weighted by Crippen LogP contribution is -2.34. The Morgan fingerprint density at radius 3 is 2.64 bits per heavy atom. The van der Waals surface area contributed by atoms with Gasteiger partial charge in [0.15, 0.2) is 5.78 Å². The summed E-state index contributed by atoms with van der Waals surface area (Å²) in [6, 6.07) is 9.69. The fourth-order valence-electron chi connectivity index (χ4n) is 2.41. The van der Waals surface area contributed by atoms with Crippen LogP contribution in [0.5, 0.6) is 0 Å². The molecule has 1 aliphatic carbocycles. The fourth-order valence-corrected chi connectivity index (χ4v) is 2.41. The maximum absolute atomic E-state index is 12.0. The topological polar surface area (TPSA) is 29.1 Å². The highest BCUT2D eigenvalue weighted by atomic mass is 16.1. The smallest absolute Gasteiger partial charge is 0.180 e. The van der Waals surface area contributed by atoms with Crippen LogP contribution in [-0.2, 0) is 0 Å². The third-order valence-electron chi connectivity index (χ3n) is 3.35. The van der Waals surface area contributed by atoms with Gasteiger partial charge in [0, 0.05) is 5.56 Å². The van der Waals surface area contributed by atoms with E-state index in [0.717, 1.165) is 18.0 Å². The van der Waals surface area contributed by atoms with E-state index in [2.05, 4.69) is 5.32 Å². The van der Waals surface area contributed by atoms with Crippen molar-refractivity contribution in [2.24, 2.45) is 11.8 Å². The third-order valence-corrected chi connectivity index (χ3v) is 3.35. The predicted octanol–water partition coefficient (Wildman–Crippen LogP) is 1.48. The molecule has 0 bridgehead atoms. The van der Waals surface area contributed by atoms with Gasteiger partial charge in [0.25, 0.3) is 0 Å². The summed E-state index contributed by atoms with van der Waals surface area (Å²) in [4.78, 5) is 12.0. The highest BCUT2D eigenvalue weighted by Gasteiger charge is 2.50. The molecule has 1 aromatic rings. The van der Waals surface area contributed by atoms with Crippen molar-refractivity contribution in [1.29, 1.82) is 0 Å². The van der Waals surface area contributed by atoms with E-state index in [1.54, 1.807) is 0 Å². The Morgan fingerprint density at radius 2 is 2.07 bits per heavy atom. The molecule has 72 valence electrons. The molecule has 3 rings (SSSR count). The lowest BCUT2D eigenvalue weighted by Gasteiger charge is -2.11. The van der Waals surface area contributed by atoms with Gasteiger partial charge in [-0.2, -0.15) is 0 Å². The summed E-state index contributed by atoms with van der Waals surface area (Å²) in [6.45, 7) is 1.04. The number of rotatable bonds is 2. The van der Waals surface area contributed by atoms with Crippen LogP contribution in [0.25, 0.3) is 0 Å². The van der Waals surface area contributed by atoms with Crippen molar-refractivity contribution in [3.05, 3.63) is 35.9 Å². The molecule has 14 heavy (non-hydrogen) atoms. The van der Waals surface area contributed by atoms with Crippen molar-refractivity contribution >= 4 is 5.78 Å². The van der Waals surface area contributed by atoms with E-state index < -0.39 is 0 Å². The zero-order valence-corrected chi connectivity index (χ0v) is 7.94. The molecule has 0 aromatic heterocycles. The largest absolute Gasteiger partial charge is 0.307 e. The summed E-state index contributed by atoms with van der Waals surface area (Å²) >= 11 is 0. The minimum Gasteiger partial charge on any atom is -0.307 e. The zero-order valence-electron chi connectivity index (χ0n) is 7.94.